The molecule has 1 aromatic carbocycles. The van der Waals surface area contributed by atoms with Gasteiger partial charge >= 0.3 is 6.09 Å². The molecule has 0 aromatic heterocycles. The Kier molecular flexibility index (Phi) is 4.86. The van der Waals surface area contributed by atoms with Crippen LogP contribution in [0, 0.1) is 5.92 Å². The quantitative estimate of drug-likeness (QED) is 0.338. The molecule has 0 radical (unpaired) electrons. The molecule has 1 amide bonds. The number of ether oxygens (including phenoxy) is 1. The summed E-state index contributed by atoms with van der Waals surface area (Å²) in [5.41, 5.74) is 6.10. The van der Waals surface area contributed by atoms with Crippen LogP contribution in [0.1, 0.15) is 18.4 Å². The molecule has 0 atom stereocenters. The lowest BCUT2D eigenvalue weighted by molar-refractivity contribution is 0.111. The second kappa shape index (κ2) is 6.83. The van der Waals surface area contributed by atoms with Crippen LogP contribution in [-0.4, -0.2) is 46.8 Å². The highest BCUT2D eigenvalue weighted by Gasteiger charge is 2.22. The van der Waals surface area contributed by atoms with Gasteiger partial charge in [0.25, 0.3) is 0 Å². The van der Waals surface area contributed by atoms with Gasteiger partial charge in [-0.1, -0.05) is 5.16 Å². The molecule has 1 saturated heterocycles. The van der Waals surface area contributed by atoms with Crippen molar-refractivity contribution < 1.29 is 19.8 Å². The molecule has 1 heterocycles. The smallest absolute Gasteiger partial charge is 0.407 e. The van der Waals surface area contributed by atoms with Gasteiger partial charge in [0.15, 0.2) is 5.84 Å². The number of piperidine rings is 1. The Hall–Kier alpha value is -2.44. The molecule has 21 heavy (non-hydrogen) atoms. The van der Waals surface area contributed by atoms with Crippen molar-refractivity contribution >= 4 is 11.9 Å². The average molecular weight is 293 g/mol. The minimum absolute atomic E-state index is 0.0580. The molecular formula is C14H19N3O4. The first-order chi connectivity index (χ1) is 10.1. The molecular weight excluding hydrogens is 274 g/mol. The Morgan fingerprint density at radius 1 is 1.33 bits per heavy atom. The highest BCUT2D eigenvalue weighted by Crippen LogP contribution is 2.20. The molecule has 1 aromatic rings. The highest BCUT2D eigenvalue weighted by molar-refractivity contribution is 5.97. The predicted octanol–water partition coefficient (Wildman–Crippen LogP) is 1.55. The fourth-order valence-corrected chi connectivity index (χ4v) is 2.28. The predicted molar refractivity (Wildman–Crippen MR) is 76.8 cm³/mol. The molecule has 0 aliphatic carbocycles. The standard InChI is InChI=1S/C14H19N3O4/c15-13(16-20)11-1-3-12(4-2-11)21-9-10-5-7-17(8-6-10)14(18)19/h1-4,10,20H,5-9H2,(H2,15,16)(H,18,19). The maximum Gasteiger partial charge on any atom is 0.407 e. The van der Waals surface area contributed by atoms with Crippen molar-refractivity contribution in [3.8, 4) is 5.75 Å². The van der Waals surface area contributed by atoms with Gasteiger partial charge in [-0.2, -0.15) is 0 Å². The van der Waals surface area contributed by atoms with Crippen molar-refractivity contribution in [1.29, 1.82) is 0 Å². The number of hydrogen-bond acceptors (Lipinski definition) is 4. The first-order valence-electron chi connectivity index (χ1n) is 6.78. The molecule has 7 heteroatoms. The second-order valence-corrected chi connectivity index (χ2v) is 5.03. The summed E-state index contributed by atoms with van der Waals surface area (Å²) in [6, 6.07) is 6.97. The molecule has 0 spiro atoms. The topological polar surface area (TPSA) is 108 Å². The van der Waals surface area contributed by atoms with Crippen LogP contribution in [0.4, 0.5) is 4.79 Å². The van der Waals surface area contributed by atoms with Crippen molar-refractivity contribution in [1.82, 2.24) is 4.90 Å². The van der Waals surface area contributed by atoms with E-state index >= 15 is 0 Å². The maximum atomic E-state index is 10.8. The third kappa shape index (κ3) is 4.01. The zero-order valence-corrected chi connectivity index (χ0v) is 11.6. The van der Waals surface area contributed by atoms with E-state index in [2.05, 4.69) is 5.16 Å². The molecule has 4 N–H and O–H groups in total. The van der Waals surface area contributed by atoms with Crippen molar-refractivity contribution in [3.05, 3.63) is 29.8 Å². The maximum absolute atomic E-state index is 10.8. The van der Waals surface area contributed by atoms with Crippen molar-refractivity contribution in [2.75, 3.05) is 19.7 Å². The van der Waals surface area contributed by atoms with Gasteiger partial charge in [0.2, 0.25) is 0 Å². The van der Waals surface area contributed by atoms with Gasteiger partial charge in [-0.15, -0.1) is 0 Å². The number of amides is 1. The largest absolute Gasteiger partial charge is 0.493 e. The zero-order chi connectivity index (χ0) is 15.2. The van der Waals surface area contributed by atoms with Gasteiger partial charge < -0.3 is 25.7 Å². The number of likely N-dealkylation sites (tertiary alicyclic amines) is 1. The third-order valence-electron chi connectivity index (χ3n) is 3.63. The molecule has 0 saturated carbocycles. The Bertz CT molecular complexity index is 507. The van der Waals surface area contributed by atoms with E-state index in [1.165, 1.54) is 4.90 Å². The fraction of sp³-hybridized carbons (Fsp3) is 0.429. The lowest BCUT2D eigenvalue weighted by atomic mass is 9.98. The summed E-state index contributed by atoms with van der Waals surface area (Å²) in [5, 5.41) is 20.4. The van der Waals surface area contributed by atoms with Crippen LogP contribution in [0.15, 0.2) is 29.4 Å². The van der Waals surface area contributed by atoms with Crippen LogP contribution in [0.5, 0.6) is 5.75 Å². The minimum Gasteiger partial charge on any atom is -0.493 e. The van der Waals surface area contributed by atoms with Gasteiger partial charge in [-0.05, 0) is 43.0 Å². The van der Waals surface area contributed by atoms with E-state index in [1.807, 2.05) is 0 Å². The number of carbonyl (C=O) groups is 1. The van der Waals surface area contributed by atoms with Crippen molar-refractivity contribution in [2.45, 2.75) is 12.8 Å². The molecule has 0 bridgehead atoms. The summed E-state index contributed by atoms with van der Waals surface area (Å²) in [6.45, 7) is 1.69. The molecule has 114 valence electrons. The summed E-state index contributed by atoms with van der Waals surface area (Å²) in [4.78, 5) is 12.2. The van der Waals surface area contributed by atoms with Gasteiger partial charge in [0.05, 0.1) is 6.61 Å². The van der Waals surface area contributed by atoms with Crippen LogP contribution < -0.4 is 10.5 Å². The van der Waals surface area contributed by atoms with E-state index in [4.69, 9.17) is 20.8 Å². The normalized spacial score (nSPS) is 16.8. The van der Waals surface area contributed by atoms with Gasteiger partial charge in [0, 0.05) is 18.7 Å². The fourth-order valence-electron chi connectivity index (χ4n) is 2.28. The summed E-state index contributed by atoms with van der Waals surface area (Å²) in [7, 11) is 0. The lowest BCUT2D eigenvalue weighted by Crippen LogP contribution is -2.38. The number of oxime groups is 1. The first kappa shape index (κ1) is 15.0. The number of nitrogens with two attached hydrogens (primary N) is 1. The number of amidine groups is 1. The number of rotatable bonds is 4. The van der Waals surface area contributed by atoms with E-state index in [0.717, 1.165) is 12.8 Å². The summed E-state index contributed by atoms with van der Waals surface area (Å²) in [5.74, 6) is 1.14. The van der Waals surface area contributed by atoms with E-state index in [0.29, 0.717) is 36.9 Å². The Labute approximate surface area is 122 Å². The van der Waals surface area contributed by atoms with Crippen LogP contribution in [-0.2, 0) is 0 Å². The molecule has 1 fully saturated rings. The third-order valence-corrected chi connectivity index (χ3v) is 3.63. The molecule has 1 aliphatic rings. The van der Waals surface area contributed by atoms with Gasteiger partial charge in [0.1, 0.15) is 5.75 Å². The van der Waals surface area contributed by atoms with Crippen LogP contribution in [0.25, 0.3) is 0 Å². The minimum atomic E-state index is -0.854. The van der Waals surface area contributed by atoms with Crippen LogP contribution in [0.3, 0.4) is 0 Å². The second-order valence-electron chi connectivity index (χ2n) is 5.03. The molecule has 1 aliphatic heterocycles. The Morgan fingerprint density at radius 3 is 2.48 bits per heavy atom. The number of nitrogens with zero attached hydrogens (tertiary/aromatic N) is 2. The molecule has 0 unspecified atom stereocenters. The van der Waals surface area contributed by atoms with Crippen LogP contribution in [0.2, 0.25) is 0 Å². The monoisotopic (exact) mass is 293 g/mol. The summed E-state index contributed by atoms with van der Waals surface area (Å²) in [6.07, 6.45) is 0.774. The van der Waals surface area contributed by atoms with E-state index in [9.17, 15) is 4.79 Å². The lowest BCUT2D eigenvalue weighted by Gasteiger charge is -2.29. The van der Waals surface area contributed by atoms with Crippen molar-refractivity contribution in [2.24, 2.45) is 16.8 Å². The number of hydrogen-bond donors (Lipinski definition) is 3. The van der Waals surface area contributed by atoms with Crippen molar-refractivity contribution in [3.63, 3.8) is 0 Å². The number of carboxylic acid groups (broad SMARTS) is 1. The Morgan fingerprint density at radius 2 is 1.95 bits per heavy atom. The zero-order valence-electron chi connectivity index (χ0n) is 11.6. The SMILES string of the molecule is NC(=NO)c1ccc(OCC2CCN(C(=O)O)CC2)cc1. The Balaban J connectivity index is 1.80. The molecule has 7 nitrogen and oxygen atoms in total. The van der Waals surface area contributed by atoms with E-state index < -0.39 is 6.09 Å². The van der Waals surface area contributed by atoms with Gasteiger partial charge in [-0.3, -0.25) is 0 Å². The van der Waals surface area contributed by atoms with E-state index in [1.54, 1.807) is 24.3 Å². The number of benzene rings is 1. The van der Waals surface area contributed by atoms with Crippen LogP contribution >= 0.6 is 0 Å². The average Bonchev–Trinajstić information content (AvgIpc) is 2.53. The van der Waals surface area contributed by atoms with E-state index in [-0.39, 0.29) is 5.84 Å². The first-order valence-corrected chi connectivity index (χ1v) is 6.78. The molecule has 2 rings (SSSR count). The highest BCUT2D eigenvalue weighted by atomic mass is 16.5. The van der Waals surface area contributed by atoms with Gasteiger partial charge in [-0.25, -0.2) is 4.79 Å². The summed E-state index contributed by atoms with van der Waals surface area (Å²) >= 11 is 0. The summed E-state index contributed by atoms with van der Waals surface area (Å²) < 4.78 is 5.70.